The van der Waals surface area contributed by atoms with Crippen molar-refractivity contribution in [2.45, 2.75) is 59.0 Å². The van der Waals surface area contributed by atoms with Crippen LogP contribution in [0.4, 0.5) is 5.13 Å². The first-order valence-corrected chi connectivity index (χ1v) is 7.85. The summed E-state index contributed by atoms with van der Waals surface area (Å²) >= 11 is 1.84. The summed E-state index contributed by atoms with van der Waals surface area (Å²) in [4.78, 5) is 8.59. The first-order chi connectivity index (χ1) is 8.67. The molecule has 1 aromatic heterocycles. The van der Waals surface area contributed by atoms with Crippen molar-refractivity contribution in [3.8, 4) is 0 Å². The first-order valence-electron chi connectivity index (χ1n) is 7.03. The van der Waals surface area contributed by atoms with Gasteiger partial charge in [0, 0.05) is 24.5 Å². The molecule has 1 N–H and O–H groups in total. The van der Waals surface area contributed by atoms with Crippen LogP contribution >= 0.6 is 11.3 Å². The molecule has 0 aliphatic carbocycles. The molecule has 0 aliphatic heterocycles. The van der Waals surface area contributed by atoms with E-state index in [0.717, 1.165) is 19.4 Å². The molecule has 4 heteroatoms. The molecule has 0 aliphatic rings. The maximum atomic E-state index is 4.84. The van der Waals surface area contributed by atoms with Crippen LogP contribution in [0.5, 0.6) is 0 Å². The molecule has 1 aromatic rings. The van der Waals surface area contributed by atoms with Crippen LogP contribution in [-0.4, -0.2) is 25.1 Å². The maximum absolute atomic E-state index is 4.84. The Labute approximate surface area is 116 Å². The van der Waals surface area contributed by atoms with Crippen LogP contribution < -0.4 is 10.2 Å². The fourth-order valence-electron chi connectivity index (χ4n) is 2.24. The van der Waals surface area contributed by atoms with Gasteiger partial charge in [-0.05, 0) is 26.3 Å². The number of nitrogens with one attached hydrogen (secondary N) is 1. The van der Waals surface area contributed by atoms with Gasteiger partial charge in [0.15, 0.2) is 5.13 Å². The number of hydrogen-bond donors (Lipinski definition) is 1. The Morgan fingerprint density at radius 1 is 1.28 bits per heavy atom. The number of anilines is 1. The zero-order chi connectivity index (χ0) is 13.5. The Bertz CT molecular complexity index is 321. The summed E-state index contributed by atoms with van der Waals surface area (Å²) in [6.07, 6.45) is 4.60. The van der Waals surface area contributed by atoms with Gasteiger partial charge in [0.25, 0.3) is 0 Å². The van der Waals surface area contributed by atoms with Gasteiger partial charge in [0.1, 0.15) is 0 Å². The number of thiazole rings is 1. The van der Waals surface area contributed by atoms with E-state index in [0.29, 0.717) is 6.04 Å². The molecule has 0 spiro atoms. The van der Waals surface area contributed by atoms with Gasteiger partial charge in [-0.15, -0.1) is 11.3 Å². The summed E-state index contributed by atoms with van der Waals surface area (Å²) in [5.74, 6) is 0. The highest BCUT2D eigenvalue weighted by Gasteiger charge is 2.17. The smallest absolute Gasteiger partial charge is 0.185 e. The summed E-state index contributed by atoms with van der Waals surface area (Å²) < 4.78 is 0. The van der Waals surface area contributed by atoms with Crippen molar-refractivity contribution < 1.29 is 0 Å². The van der Waals surface area contributed by atoms with Gasteiger partial charge in [0.2, 0.25) is 0 Å². The van der Waals surface area contributed by atoms with Crippen molar-refractivity contribution >= 4 is 16.5 Å². The van der Waals surface area contributed by atoms with Gasteiger partial charge in [-0.3, -0.25) is 0 Å². The Hall–Kier alpha value is -0.610. The number of hydrogen-bond acceptors (Lipinski definition) is 4. The minimum atomic E-state index is 0.605. The van der Waals surface area contributed by atoms with Crippen molar-refractivity contribution in [3.05, 3.63) is 10.6 Å². The summed E-state index contributed by atoms with van der Waals surface area (Å²) in [5, 5.41) is 4.42. The second kappa shape index (κ2) is 7.74. The Balaban J connectivity index is 2.91. The molecule has 1 rings (SSSR count). The average molecular weight is 269 g/mol. The second-order valence-electron chi connectivity index (χ2n) is 4.73. The fourth-order valence-corrected chi connectivity index (χ4v) is 3.40. The molecule has 0 unspecified atom stereocenters. The Morgan fingerprint density at radius 3 is 2.44 bits per heavy atom. The van der Waals surface area contributed by atoms with Crippen molar-refractivity contribution in [2.75, 3.05) is 19.0 Å². The summed E-state index contributed by atoms with van der Waals surface area (Å²) in [6.45, 7) is 7.65. The molecule has 0 aromatic carbocycles. The van der Waals surface area contributed by atoms with Crippen LogP contribution in [0.1, 0.15) is 50.6 Å². The first kappa shape index (κ1) is 15.4. The molecule has 0 saturated carbocycles. The van der Waals surface area contributed by atoms with Crippen molar-refractivity contribution in [3.63, 3.8) is 0 Å². The van der Waals surface area contributed by atoms with Crippen LogP contribution in [0.25, 0.3) is 0 Å². The molecule has 0 fully saturated rings. The van der Waals surface area contributed by atoms with Gasteiger partial charge in [-0.25, -0.2) is 4.98 Å². The number of rotatable bonds is 8. The third kappa shape index (κ3) is 3.69. The summed E-state index contributed by atoms with van der Waals surface area (Å²) in [6, 6.07) is 0.605. The molecule has 0 amide bonds. The molecule has 18 heavy (non-hydrogen) atoms. The highest BCUT2D eigenvalue weighted by Crippen LogP contribution is 2.28. The van der Waals surface area contributed by atoms with E-state index in [2.05, 4.69) is 38.0 Å². The Morgan fingerprint density at radius 2 is 1.94 bits per heavy atom. The van der Waals surface area contributed by atoms with E-state index in [1.54, 1.807) is 0 Å². The molecule has 3 nitrogen and oxygen atoms in total. The van der Waals surface area contributed by atoms with Crippen molar-refractivity contribution in [1.29, 1.82) is 0 Å². The maximum Gasteiger partial charge on any atom is 0.185 e. The largest absolute Gasteiger partial charge is 0.348 e. The lowest BCUT2D eigenvalue weighted by Gasteiger charge is -2.25. The Kier molecular flexibility index (Phi) is 6.65. The lowest BCUT2D eigenvalue weighted by Crippen LogP contribution is -2.30. The predicted octanol–water partition coefficient (Wildman–Crippen LogP) is 3.44. The lowest BCUT2D eigenvalue weighted by atomic mass is 10.1. The van der Waals surface area contributed by atoms with E-state index in [9.17, 15) is 0 Å². The standard InChI is InChI=1S/C14H27N3S/c1-6-9-12-13(10-15-4)18-14(16-12)17(5)11(7-2)8-3/h11,15H,6-10H2,1-5H3. The van der Waals surface area contributed by atoms with Crippen LogP contribution in [0.3, 0.4) is 0 Å². The highest BCUT2D eigenvalue weighted by atomic mass is 32.1. The zero-order valence-corrected chi connectivity index (χ0v) is 13.2. The summed E-state index contributed by atoms with van der Waals surface area (Å²) in [7, 11) is 4.18. The van der Waals surface area contributed by atoms with Gasteiger partial charge in [0.05, 0.1) is 5.69 Å². The average Bonchev–Trinajstić information content (AvgIpc) is 2.75. The monoisotopic (exact) mass is 269 g/mol. The molecule has 0 atom stereocenters. The molecule has 0 saturated heterocycles. The lowest BCUT2D eigenvalue weighted by molar-refractivity contribution is 0.590. The third-order valence-corrected chi connectivity index (χ3v) is 4.57. The van der Waals surface area contributed by atoms with E-state index in [1.807, 2.05) is 18.4 Å². The number of aryl methyl sites for hydroxylation is 1. The molecule has 0 radical (unpaired) electrons. The van der Waals surface area contributed by atoms with E-state index >= 15 is 0 Å². The SMILES string of the molecule is CCCc1nc(N(C)C(CC)CC)sc1CNC. The van der Waals surface area contributed by atoms with E-state index < -0.39 is 0 Å². The van der Waals surface area contributed by atoms with E-state index in [-0.39, 0.29) is 0 Å². The van der Waals surface area contributed by atoms with E-state index in [4.69, 9.17) is 4.98 Å². The molecule has 1 heterocycles. The quantitative estimate of drug-likeness (QED) is 0.783. The minimum Gasteiger partial charge on any atom is -0.348 e. The zero-order valence-electron chi connectivity index (χ0n) is 12.4. The van der Waals surface area contributed by atoms with Crippen LogP contribution in [0, 0.1) is 0 Å². The fraction of sp³-hybridized carbons (Fsp3) is 0.786. The predicted molar refractivity (Wildman–Crippen MR) is 81.6 cm³/mol. The number of nitrogens with zero attached hydrogens (tertiary/aromatic N) is 2. The van der Waals surface area contributed by atoms with Crippen LogP contribution in [-0.2, 0) is 13.0 Å². The molecule has 104 valence electrons. The van der Waals surface area contributed by atoms with Gasteiger partial charge >= 0.3 is 0 Å². The van der Waals surface area contributed by atoms with Gasteiger partial charge < -0.3 is 10.2 Å². The molecular weight excluding hydrogens is 242 g/mol. The second-order valence-corrected chi connectivity index (χ2v) is 5.79. The summed E-state index contributed by atoms with van der Waals surface area (Å²) in [5.41, 5.74) is 1.28. The molecular formula is C14H27N3S. The molecule has 0 bridgehead atoms. The van der Waals surface area contributed by atoms with Gasteiger partial charge in [-0.2, -0.15) is 0 Å². The minimum absolute atomic E-state index is 0.605. The normalized spacial score (nSPS) is 11.2. The van der Waals surface area contributed by atoms with Crippen molar-refractivity contribution in [1.82, 2.24) is 10.3 Å². The van der Waals surface area contributed by atoms with Crippen molar-refractivity contribution in [2.24, 2.45) is 0 Å². The third-order valence-electron chi connectivity index (χ3n) is 3.38. The number of aromatic nitrogens is 1. The highest BCUT2D eigenvalue weighted by molar-refractivity contribution is 7.15. The van der Waals surface area contributed by atoms with E-state index in [1.165, 1.54) is 28.5 Å². The topological polar surface area (TPSA) is 28.2 Å². The van der Waals surface area contributed by atoms with Crippen LogP contribution in [0.15, 0.2) is 0 Å². The van der Waals surface area contributed by atoms with Crippen LogP contribution in [0.2, 0.25) is 0 Å². The van der Waals surface area contributed by atoms with Gasteiger partial charge in [-0.1, -0.05) is 27.2 Å².